The number of carbonyl (C=O) groups is 2. The minimum Gasteiger partial charge on any atom is -0.355 e. The first kappa shape index (κ1) is 17.2. The number of carbonyl (C=O) groups excluding carboxylic acids is 2. The van der Waals surface area contributed by atoms with Crippen LogP contribution < -0.4 is 5.32 Å². The lowest BCUT2D eigenvalue weighted by atomic mass is 10.1. The predicted molar refractivity (Wildman–Crippen MR) is 103 cm³/mol. The van der Waals surface area contributed by atoms with Crippen LogP contribution in [0, 0.1) is 0 Å². The fourth-order valence-electron chi connectivity index (χ4n) is 3.38. The highest BCUT2D eigenvalue weighted by molar-refractivity contribution is 8.01. The molecule has 1 heterocycles. The molecule has 0 saturated heterocycles. The van der Waals surface area contributed by atoms with Gasteiger partial charge in [0.1, 0.15) is 0 Å². The summed E-state index contributed by atoms with van der Waals surface area (Å²) in [6.45, 7) is 0.616. The molecule has 0 spiro atoms. The molecule has 1 atom stereocenters. The highest BCUT2D eigenvalue weighted by Crippen LogP contribution is 2.39. The van der Waals surface area contributed by atoms with Crippen molar-refractivity contribution in [2.24, 2.45) is 0 Å². The van der Waals surface area contributed by atoms with E-state index in [1.807, 2.05) is 41.3 Å². The Balaban J connectivity index is 1.47. The lowest BCUT2D eigenvalue weighted by Gasteiger charge is -2.25. The van der Waals surface area contributed by atoms with Gasteiger partial charge in [0.2, 0.25) is 5.91 Å². The summed E-state index contributed by atoms with van der Waals surface area (Å²) in [5.41, 5.74) is 2.99. The molecule has 2 aromatic rings. The number of rotatable bonds is 5. The van der Waals surface area contributed by atoms with E-state index in [-0.39, 0.29) is 17.1 Å². The highest BCUT2D eigenvalue weighted by Gasteiger charge is 2.38. The number of hydrogen-bond acceptors (Lipinski definition) is 3. The van der Waals surface area contributed by atoms with E-state index in [1.165, 1.54) is 10.5 Å². The normalized spacial score (nSPS) is 18.3. The van der Waals surface area contributed by atoms with E-state index in [4.69, 9.17) is 0 Å². The molecule has 2 aliphatic rings. The number of benzene rings is 2. The molecule has 0 radical (unpaired) electrons. The second-order valence-electron chi connectivity index (χ2n) is 6.89. The third-order valence-corrected chi connectivity index (χ3v) is 6.29. The second kappa shape index (κ2) is 7.16. The predicted octanol–water partition coefficient (Wildman–Crippen LogP) is 3.25. The second-order valence-corrected chi connectivity index (χ2v) is 8.14. The van der Waals surface area contributed by atoms with E-state index in [1.54, 1.807) is 18.8 Å². The Morgan fingerprint density at radius 1 is 1.12 bits per heavy atom. The summed E-state index contributed by atoms with van der Waals surface area (Å²) in [6, 6.07) is 16.2. The number of hydrogen-bond donors (Lipinski definition) is 1. The first-order valence-corrected chi connectivity index (χ1v) is 9.90. The van der Waals surface area contributed by atoms with Crippen LogP contribution in [0.4, 0.5) is 0 Å². The summed E-state index contributed by atoms with van der Waals surface area (Å²) in [4.78, 5) is 28.1. The topological polar surface area (TPSA) is 49.4 Å². The van der Waals surface area contributed by atoms with Gasteiger partial charge in [-0.1, -0.05) is 30.3 Å². The average Bonchev–Trinajstić information content (AvgIpc) is 3.43. The Labute approximate surface area is 158 Å². The van der Waals surface area contributed by atoms with E-state index in [0.717, 1.165) is 24.8 Å². The average molecular weight is 366 g/mol. The molecule has 0 aromatic heterocycles. The van der Waals surface area contributed by atoms with Crippen LogP contribution in [-0.2, 0) is 17.8 Å². The molecular weight excluding hydrogens is 344 g/mol. The molecule has 2 aromatic carbocycles. The first-order chi connectivity index (χ1) is 12.7. The molecule has 1 aliphatic carbocycles. The molecule has 4 rings (SSSR count). The summed E-state index contributed by atoms with van der Waals surface area (Å²) >= 11 is 1.69. The van der Waals surface area contributed by atoms with E-state index >= 15 is 0 Å². The number of fused-ring (bicyclic) bond motifs is 1. The summed E-state index contributed by atoms with van der Waals surface area (Å²) in [7, 11) is 1.63. The summed E-state index contributed by atoms with van der Waals surface area (Å²) in [6.07, 6.45) is 3.00. The van der Waals surface area contributed by atoms with Crippen molar-refractivity contribution in [3.63, 3.8) is 0 Å². The van der Waals surface area contributed by atoms with Crippen molar-refractivity contribution < 1.29 is 9.59 Å². The van der Waals surface area contributed by atoms with Crippen molar-refractivity contribution >= 4 is 23.6 Å². The Kier molecular flexibility index (Phi) is 4.72. The monoisotopic (exact) mass is 366 g/mol. The van der Waals surface area contributed by atoms with Gasteiger partial charge in [-0.15, -0.1) is 11.8 Å². The third kappa shape index (κ3) is 3.49. The van der Waals surface area contributed by atoms with Crippen LogP contribution in [-0.4, -0.2) is 35.1 Å². The van der Waals surface area contributed by atoms with E-state index in [2.05, 4.69) is 17.4 Å². The van der Waals surface area contributed by atoms with Gasteiger partial charge in [0.25, 0.3) is 5.91 Å². The lowest BCUT2D eigenvalue weighted by molar-refractivity contribution is -0.131. The molecule has 2 amide bonds. The van der Waals surface area contributed by atoms with Crippen LogP contribution >= 0.6 is 11.8 Å². The minimum atomic E-state index is -0.0909. The Morgan fingerprint density at radius 3 is 2.50 bits per heavy atom. The Bertz CT molecular complexity index is 805. The van der Waals surface area contributed by atoms with Crippen molar-refractivity contribution in [3.05, 3.63) is 65.2 Å². The molecule has 0 bridgehead atoms. The molecule has 1 saturated carbocycles. The molecule has 26 heavy (non-hydrogen) atoms. The fourth-order valence-corrected chi connectivity index (χ4v) is 4.65. The van der Waals surface area contributed by atoms with E-state index < -0.39 is 0 Å². The molecule has 4 nitrogen and oxygen atoms in total. The van der Waals surface area contributed by atoms with Crippen LogP contribution in [0.1, 0.15) is 34.3 Å². The number of nitrogens with one attached hydrogen (secondary N) is 1. The largest absolute Gasteiger partial charge is 0.355 e. The maximum absolute atomic E-state index is 13.2. The quantitative estimate of drug-likeness (QED) is 0.884. The zero-order valence-corrected chi connectivity index (χ0v) is 15.6. The first-order valence-electron chi connectivity index (χ1n) is 9.02. The van der Waals surface area contributed by atoms with Gasteiger partial charge in [-0.05, 0) is 48.6 Å². The van der Waals surface area contributed by atoms with Crippen LogP contribution in [0.3, 0.4) is 0 Å². The fraction of sp³-hybridized carbons (Fsp3) is 0.333. The number of thioether (sulfide) groups is 1. The summed E-state index contributed by atoms with van der Waals surface area (Å²) in [5.74, 6) is 0.149. The van der Waals surface area contributed by atoms with Crippen LogP contribution in [0.15, 0.2) is 53.4 Å². The molecule has 1 N–H and O–H groups in total. The highest BCUT2D eigenvalue weighted by atomic mass is 32.2. The Hall–Kier alpha value is -2.27. The van der Waals surface area contributed by atoms with Gasteiger partial charge in [-0.3, -0.25) is 9.59 Å². The van der Waals surface area contributed by atoms with Gasteiger partial charge in [0.15, 0.2) is 0 Å². The zero-order chi connectivity index (χ0) is 18.1. The lowest BCUT2D eigenvalue weighted by Crippen LogP contribution is -2.38. The van der Waals surface area contributed by atoms with Gasteiger partial charge in [0.05, 0.1) is 5.25 Å². The summed E-state index contributed by atoms with van der Waals surface area (Å²) in [5, 5.41) is 2.61. The molecular formula is C21H22N2O2S. The van der Waals surface area contributed by atoms with Crippen molar-refractivity contribution in [1.29, 1.82) is 0 Å². The van der Waals surface area contributed by atoms with Gasteiger partial charge >= 0.3 is 0 Å². The molecule has 134 valence electrons. The number of nitrogens with zero attached hydrogens (tertiary/aromatic N) is 1. The van der Waals surface area contributed by atoms with Gasteiger partial charge in [0, 0.05) is 30.1 Å². The standard InChI is InChI=1S/C21H22N2O2S/c1-22-20(24)15-8-6-14(7-9-15)13-23(17-10-11-17)21(25)19-12-16-4-2-3-5-18(16)26-19/h2-9,17,19H,10-13H2,1H3,(H,22,24). The van der Waals surface area contributed by atoms with Crippen molar-refractivity contribution in [2.75, 3.05) is 7.05 Å². The van der Waals surface area contributed by atoms with Crippen molar-refractivity contribution in [1.82, 2.24) is 10.2 Å². The van der Waals surface area contributed by atoms with Gasteiger partial charge < -0.3 is 10.2 Å². The SMILES string of the molecule is CNC(=O)c1ccc(CN(C(=O)C2Cc3ccccc3S2)C2CC2)cc1. The van der Waals surface area contributed by atoms with E-state index in [0.29, 0.717) is 18.2 Å². The Morgan fingerprint density at radius 2 is 1.85 bits per heavy atom. The van der Waals surface area contributed by atoms with Crippen molar-refractivity contribution in [3.8, 4) is 0 Å². The van der Waals surface area contributed by atoms with Gasteiger partial charge in [-0.2, -0.15) is 0 Å². The van der Waals surface area contributed by atoms with Crippen LogP contribution in [0.2, 0.25) is 0 Å². The van der Waals surface area contributed by atoms with Crippen LogP contribution in [0.25, 0.3) is 0 Å². The van der Waals surface area contributed by atoms with Gasteiger partial charge in [-0.25, -0.2) is 0 Å². The third-order valence-electron chi connectivity index (χ3n) is 4.99. The van der Waals surface area contributed by atoms with E-state index in [9.17, 15) is 9.59 Å². The maximum atomic E-state index is 13.2. The molecule has 5 heteroatoms. The van der Waals surface area contributed by atoms with Crippen LogP contribution in [0.5, 0.6) is 0 Å². The zero-order valence-electron chi connectivity index (χ0n) is 14.8. The minimum absolute atomic E-state index is 0.0156. The maximum Gasteiger partial charge on any atom is 0.251 e. The molecule has 1 fully saturated rings. The number of amides is 2. The summed E-state index contributed by atoms with van der Waals surface area (Å²) < 4.78 is 0. The molecule has 1 unspecified atom stereocenters. The van der Waals surface area contributed by atoms with Crippen molar-refractivity contribution in [2.45, 2.75) is 42.0 Å². The molecule has 1 aliphatic heterocycles. The smallest absolute Gasteiger partial charge is 0.251 e.